The van der Waals surface area contributed by atoms with Gasteiger partial charge in [-0.15, -0.1) is 0 Å². The van der Waals surface area contributed by atoms with Gasteiger partial charge in [0.2, 0.25) is 0 Å². The van der Waals surface area contributed by atoms with E-state index >= 15 is 0 Å². The van der Waals surface area contributed by atoms with Crippen LogP contribution in [0.4, 0.5) is 5.69 Å². The molecule has 100 valence electrons. The van der Waals surface area contributed by atoms with Crippen LogP contribution < -0.4 is 5.32 Å². The van der Waals surface area contributed by atoms with E-state index in [0.29, 0.717) is 23.7 Å². The summed E-state index contributed by atoms with van der Waals surface area (Å²) in [6.07, 6.45) is 1.84. The predicted molar refractivity (Wildman–Crippen MR) is 72.1 cm³/mol. The van der Waals surface area contributed by atoms with Crippen molar-refractivity contribution in [2.45, 2.75) is 26.7 Å². The molecule has 0 spiro atoms. The molecular weight excluding hydrogens is 230 g/mol. The highest BCUT2D eigenvalue weighted by molar-refractivity contribution is 5.94. The van der Waals surface area contributed by atoms with Crippen molar-refractivity contribution in [3.05, 3.63) is 29.3 Å². The van der Waals surface area contributed by atoms with Gasteiger partial charge < -0.3 is 15.5 Å². The Morgan fingerprint density at radius 2 is 2.17 bits per heavy atom. The van der Waals surface area contributed by atoms with Crippen molar-refractivity contribution in [3.8, 4) is 0 Å². The van der Waals surface area contributed by atoms with Crippen LogP contribution in [0.25, 0.3) is 0 Å². The second kappa shape index (κ2) is 7.01. The minimum Gasteiger partial charge on any atom is -0.478 e. The number of aliphatic hydroxyl groups is 1. The van der Waals surface area contributed by atoms with Crippen molar-refractivity contribution < 1.29 is 15.0 Å². The maximum absolute atomic E-state index is 11.0. The summed E-state index contributed by atoms with van der Waals surface area (Å²) in [5, 5.41) is 21.1. The zero-order valence-electron chi connectivity index (χ0n) is 10.9. The highest BCUT2D eigenvalue weighted by Crippen LogP contribution is 2.18. The molecule has 1 aromatic rings. The Bertz CT molecular complexity index is 404. The monoisotopic (exact) mass is 251 g/mol. The van der Waals surface area contributed by atoms with Crippen molar-refractivity contribution in [3.63, 3.8) is 0 Å². The average Bonchev–Trinajstić information content (AvgIpc) is 2.34. The third kappa shape index (κ3) is 4.37. The predicted octanol–water partition coefficient (Wildman–Crippen LogP) is 2.51. The van der Waals surface area contributed by atoms with Crippen LogP contribution in [-0.4, -0.2) is 29.3 Å². The van der Waals surface area contributed by atoms with Gasteiger partial charge in [0.25, 0.3) is 0 Å². The van der Waals surface area contributed by atoms with E-state index in [1.807, 2.05) is 19.9 Å². The van der Waals surface area contributed by atoms with Crippen molar-refractivity contribution in [1.29, 1.82) is 0 Å². The molecule has 0 aliphatic carbocycles. The molecule has 0 amide bonds. The maximum atomic E-state index is 11.0. The Kier molecular flexibility index (Phi) is 5.65. The number of benzene rings is 1. The fraction of sp³-hybridized carbons (Fsp3) is 0.500. The maximum Gasteiger partial charge on any atom is 0.337 e. The fourth-order valence-corrected chi connectivity index (χ4v) is 1.76. The molecule has 0 bridgehead atoms. The van der Waals surface area contributed by atoms with Gasteiger partial charge in [0.05, 0.1) is 5.56 Å². The molecule has 0 saturated carbocycles. The van der Waals surface area contributed by atoms with Crippen LogP contribution in [0.1, 0.15) is 35.7 Å². The summed E-state index contributed by atoms with van der Waals surface area (Å²) in [6.45, 7) is 4.85. The first-order chi connectivity index (χ1) is 8.54. The van der Waals surface area contributed by atoms with Crippen LogP contribution in [0, 0.1) is 12.8 Å². The lowest BCUT2D eigenvalue weighted by Crippen LogP contribution is -2.10. The normalized spacial score (nSPS) is 12.2. The fourth-order valence-electron chi connectivity index (χ4n) is 1.76. The van der Waals surface area contributed by atoms with Crippen molar-refractivity contribution in [1.82, 2.24) is 0 Å². The number of carbonyl (C=O) groups is 1. The number of aliphatic hydroxyl groups excluding tert-OH is 1. The van der Waals surface area contributed by atoms with E-state index in [2.05, 4.69) is 5.32 Å². The molecule has 0 radical (unpaired) electrons. The van der Waals surface area contributed by atoms with Crippen LogP contribution >= 0.6 is 0 Å². The van der Waals surface area contributed by atoms with Gasteiger partial charge in [-0.2, -0.15) is 0 Å². The smallest absolute Gasteiger partial charge is 0.337 e. The van der Waals surface area contributed by atoms with Crippen LogP contribution in [0.3, 0.4) is 0 Å². The van der Waals surface area contributed by atoms with E-state index < -0.39 is 5.97 Å². The number of anilines is 1. The van der Waals surface area contributed by atoms with Crippen LogP contribution in [0.5, 0.6) is 0 Å². The number of hydrogen-bond acceptors (Lipinski definition) is 3. The van der Waals surface area contributed by atoms with Gasteiger partial charge in [-0.1, -0.05) is 13.0 Å². The topological polar surface area (TPSA) is 69.6 Å². The Morgan fingerprint density at radius 1 is 1.44 bits per heavy atom. The first kappa shape index (κ1) is 14.5. The number of carboxylic acids is 1. The summed E-state index contributed by atoms with van der Waals surface area (Å²) in [6, 6.07) is 5.26. The molecule has 4 nitrogen and oxygen atoms in total. The molecule has 1 unspecified atom stereocenters. The minimum atomic E-state index is -0.916. The van der Waals surface area contributed by atoms with Gasteiger partial charge >= 0.3 is 5.97 Å². The van der Waals surface area contributed by atoms with E-state index in [-0.39, 0.29) is 6.61 Å². The molecule has 18 heavy (non-hydrogen) atoms. The lowest BCUT2D eigenvalue weighted by molar-refractivity contribution is 0.0698. The molecule has 0 aliphatic heterocycles. The van der Waals surface area contributed by atoms with Gasteiger partial charge in [0.15, 0.2) is 0 Å². The van der Waals surface area contributed by atoms with Gasteiger partial charge in [0.1, 0.15) is 0 Å². The summed E-state index contributed by atoms with van der Waals surface area (Å²) in [5.74, 6) is -0.621. The molecular formula is C14H21NO3. The summed E-state index contributed by atoms with van der Waals surface area (Å²) < 4.78 is 0. The molecule has 0 saturated heterocycles. The Labute approximate surface area is 108 Å². The molecule has 0 aliphatic rings. The number of aryl methyl sites for hydroxylation is 1. The average molecular weight is 251 g/mol. The molecule has 4 heteroatoms. The second-order valence-electron chi connectivity index (χ2n) is 4.71. The van der Waals surface area contributed by atoms with Gasteiger partial charge in [-0.05, 0) is 43.4 Å². The number of nitrogens with one attached hydrogen (secondary N) is 1. The number of aromatic carboxylic acids is 1. The van der Waals surface area contributed by atoms with E-state index in [9.17, 15) is 4.79 Å². The largest absolute Gasteiger partial charge is 0.478 e. The third-order valence-electron chi connectivity index (χ3n) is 2.91. The second-order valence-corrected chi connectivity index (χ2v) is 4.71. The number of carboxylic acid groups (broad SMARTS) is 1. The molecule has 3 N–H and O–H groups in total. The van der Waals surface area contributed by atoms with Crippen molar-refractivity contribution >= 4 is 11.7 Å². The SMILES string of the molecule is Cc1ccc(C(=O)O)c(NCCCC(C)CO)c1. The van der Waals surface area contributed by atoms with Crippen LogP contribution in [0.2, 0.25) is 0 Å². The molecule has 0 fully saturated rings. The molecule has 1 atom stereocenters. The van der Waals surface area contributed by atoms with E-state index in [4.69, 9.17) is 10.2 Å². The highest BCUT2D eigenvalue weighted by Gasteiger charge is 2.09. The highest BCUT2D eigenvalue weighted by atomic mass is 16.4. The van der Waals surface area contributed by atoms with Crippen molar-refractivity contribution in [2.24, 2.45) is 5.92 Å². The number of rotatable bonds is 7. The van der Waals surface area contributed by atoms with E-state index in [1.54, 1.807) is 12.1 Å². The molecule has 1 rings (SSSR count). The zero-order valence-corrected chi connectivity index (χ0v) is 10.9. The number of hydrogen-bond donors (Lipinski definition) is 3. The van der Waals surface area contributed by atoms with Crippen LogP contribution in [0.15, 0.2) is 18.2 Å². The first-order valence-electron chi connectivity index (χ1n) is 6.23. The van der Waals surface area contributed by atoms with Gasteiger partial charge in [0, 0.05) is 18.8 Å². The zero-order chi connectivity index (χ0) is 13.5. The molecule has 1 aromatic carbocycles. The first-order valence-corrected chi connectivity index (χ1v) is 6.23. The third-order valence-corrected chi connectivity index (χ3v) is 2.91. The van der Waals surface area contributed by atoms with Crippen LogP contribution in [-0.2, 0) is 0 Å². The molecule has 0 aromatic heterocycles. The Morgan fingerprint density at radius 3 is 2.78 bits per heavy atom. The Balaban J connectivity index is 2.55. The summed E-state index contributed by atoms with van der Waals surface area (Å²) in [5.41, 5.74) is 2.00. The standard InChI is InChI=1S/C14H21NO3/c1-10-5-6-12(14(17)18)13(8-10)15-7-3-4-11(2)9-16/h5-6,8,11,15-16H,3-4,7,9H2,1-2H3,(H,17,18). The summed E-state index contributed by atoms with van der Waals surface area (Å²) in [4.78, 5) is 11.0. The van der Waals surface area contributed by atoms with Crippen molar-refractivity contribution in [2.75, 3.05) is 18.5 Å². The lowest BCUT2D eigenvalue weighted by Gasteiger charge is -2.12. The van der Waals surface area contributed by atoms with Gasteiger partial charge in [-0.25, -0.2) is 4.79 Å². The summed E-state index contributed by atoms with van der Waals surface area (Å²) in [7, 11) is 0. The van der Waals surface area contributed by atoms with Gasteiger partial charge in [-0.3, -0.25) is 0 Å². The quantitative estimate of drug-likeness (QED) is 0.651. The van der Waals surface area contributed by atoms with E-state index in [1.165, 1.54) is 0 Å². The molecule has 0 heterocycles. The summed E-state index contributed by atoms with van der Waals surface area (Å²) >= 11 is 0. The minimum absolute atomic E-state index is 0.199. The Hall–Kier alpha value is -1.55. The lowest BCUT2D eigenvalue weighted by atomic mass is 10.1. The van der Waals surface area contributed by atoms with E-state index in [0.717, 1.165) is 18.4 Å².